The smallest absolute Gasteiger partial charge is 0.327 e. The van der Waals surface area contributed by atoms with Crippen LogP contribution in [0.1, 0.15) is 0 Å². The van der Waals surface area contributed by atoms with Gasteiger partial charge in [-0.15, -0.1) is 6.58 Å². The van der Waals surface area contributed by atoms with Crippen molar-refractivity contribution in [3.8, 4) is 5.69 Å². The molecule has 7 nitrogen and oxygen atoms in total. The highest BCUT2D eigenvalue weighted by Gasteiger charge is 2.19. The molecule has 0 saturated heterocycles. The lowest BCUT2D eigenvalue weighted by molar-refractivity contribution is 0.250. The molecule has 0 atom stereocenters. The topological polar surface area (TPSA) is 86.9 Å². The van der Waals surface area contributed by atoms with Crippen LogP contribution in [-0.2, 0) is 0 Å². The Morgan fingerprint density at radius 1 is 1.62 bits per heavy atom. The third kappa shape index (κ3) is 3.26. The quantitative estimate of drug-likeness (QED) is 0.504. The molecule has 108 valence electrons. The van der Waals surface area contributed by atoms with E-state index in [0.29, 0.717) is 11.4 Å². The van der Waals surface area contributed by atoms with Crippen molar-refractivity contribution in [3.63, 3.8) is 0 Å². The average molecular weight is 305 g/mol. The maximum Gasteiger partial charge on any atom is 0.327 e. The van der Waals surface area contributed by atoms with E-state index >= 15 is 0 Å². The number of nitrogens with zero attached hydrogens (tertiary/aromatic N) is 4. The second kappa shape index (κ2) is 6.67. The molecule has 0 unspecified atom stereocenters. The highest BCUT2D eigenvalue weighted by atomic mass is 35.5. The summed E-state index contributed by atoms with van der Waals surface area (Å²) in [5.74, 6) is 0. The predicted molar refractivity (Wildman–Crippen MR) is 81.2 cm³/mol. The molecule has 2 N–H and O–H groups in total. The molecule has 2 heterocycles. The normalized spacial score (nSPS) is 9.95. The standard InChI is InChI=1S/C13H13ClN6O/c1-2-5-17-13(21)19(9-15)11-8-20(18-12(11)14)10-4-3-6-16-7-10/h2-4,6-9,15H,1,5H2,(H,17,21). The Balaban J connectivity index is 2.31. The Labute approximate surface area is 126 Å². The molecule has 21 heavy (non-hydrogen) atoms. The molecule has 2 aromatic rings. The van der Waals surface area contributed by atoms with Crippen LogP contribution < -0.4 is 10.2 Å². The fraction of sp³-hybridized carbons (Fsp3) is 0.0769. The van der Waals surface area contributed by atoms with Crippen molar-refractivity contribution in [2.24, 2.45) is 0 Å². The highest BCUT2D eigenvalue weighted by molar-refractivity contribution is 6.33. The van der Waals surface area contributed by atoms with E-state index in [-0.39, 0.29) is 11.7 Å². The Morgan fingerprint density at radius 3 is 3.05 bits per heavy atom. The first-order chi connectivity index (χ1) is 10.2. The largest absolute Gasteiger partial charge is 0.334 e. The number of halogens is 1. The van der Waals surface area contributed by atoms with Gasteiger partial charge in [0.2, 0.25) is 0 Å². The molecule has 0 aliphatic heterocycles. The number of rotatable bonds is 5. The highest BCUT2D eigenvalue weighted by Crippen LogP contribution is 2.25. The predicted octanol–water partition coefficient (Wildman–Crippen LogP) is 2.23. The molecular weight excluding hydrogens is 292 g/mol. The molecule has 8 heteroatoms. The first-order valence-electron chi connectivity index (χ1n) is 6.01. The second-order valence-corrected chi connectivity index (χ2v) is 4.29. The summed E-state index contributed by atoms with van der Waals surface area (Å²) in [5, 5.41) is 14.2. The van der Waals surface area contributed by atoms with Gasteiger partial charge in [0, 0.05) is 12.7 Å². The van der Waals surface area contributed by atoms with Gasteiger partial charge in [0.05, 0.1) is 24.4 Å². The minimum atomic E-state index is -0.488. The van der Waals surface area contributed by atoms with Crippen LogP contribution in [-0.4, -0.2) is 33.7 Å². The van der Waals surface area contributed by atoms with Crippen molar-refractivity contribution >= 4 is 29.7 Å². The number of urea groups is 1. The second-order valence-electron chi connectivity index (χ2n) is 3.93. The lowest BCUT2D eigenvalue weighted by Gasteiger charge is -2.15. The van der Waals surface area contributed by atoms with Gasteiger partial charge in [-0.3, -0.25) is 10.4 Å². The Hall–Kier alpha value is -2.67. The van der Waals surface area contributed by atoms with Gasteiger partial charge in [-0.05, 0) is 12.1 Å². The molecule has 0 aromatic carbocycles. The fourth-order valence-electron chi connectivity index (χ4n) is 1.61. The monoisotopic (exact) mass is 304 g/mol. The van der Waals surface area contributed by atoms with E-state index < -0.39 is 6.03 Å². The van der Waals surface area contributed by atoms with Crippen LogP contribution in [0.4, 0.5) is 10.5 Å². The van der Waals surface area contributed by atoms with Gasteiger partial charge in [-0.2, -0.15) is 5.10 Å². The summed E-state index contributed by atoms with van der Waals surface area (Å²) >= 11 is 6.05. The summed E-state index contributed by atoms with van der Waals surface area (Å²) in [6.45, 7) is 3.80. The van der Waals surface area contributed by atoms with E-state index in [4.69, 9.17) is 17.0 Å². The molecule has 0 spiro atoms. The summed E-state index contributed by atoms with van der Waals surface area (Å²) in [7, 11) is 0. The van der Waals surface area contributed by atoms with Crippen LogP contribution >= 0.6 is 11.6 Å². The van der Waals surface area contributed by atoms with Gasteiger partial charge in [0.1, 0.15) is 5.69 Å². The van der Waals surface area contributed by atoms with E-state index in [1.54, 1.807) is 36.8 Å². The molecular formula is C13H13ClN6O. The summed E-state index contributed by atoms with van der Waals surface area (Å²) < 4.78 is 1.49. The van der Waals surface area contributed by atoms with Crippen LogP contribution in [0.2, 0.25) is 5.15 Å². The molecule has 2 rings (SSSR count). The number of carbonyl (C=O) groups is 1. The van der Waals surface area contributed by atoms with Crippen molar-refractivity contribution in [1.82, 2.24) is 20.1 Å². The average Bonchev–Trinajstić information content (AvgIpc) is 2.89. The first kappa shape index (κ1) is 14.7. The molecule has 0 aliphatic rings. The van der Waals surface area contributed by atoms with E-state index in [0.717, 1.165) is 11.2 Å². The van der Waals surface area contributed by atoms with Crippen LogP contribution in [0.5, 0.6) is 0 Å². The number of hydrogen-bond acceptors (Lipinski definition) is 4. The van der Waals surface area contributed by atoms with Gasteiger partial charge in [0.15, 0.2) is 5.15 Å². The molecule has 0 aliphatic carbocycles. The number of aromatic nitrogens is 3. The number of carbonyl (C=O) groups excluding carboxylic acids is 1. The van der Waals surface area contributed by atoms with Crippen molar-refractivity contribution in [2.75, 3.05) is 11.4 Å². The number of hydrogen-bond donors (Lipinski definition) is 2. The zero-order chi connectivity index (χ0) is 15.2. The van der Waals surface area contributed by atoms with E-state index in [1.807, 2.05) is 0 Å². The van der Waals surface area contributed by atoms with E-state index in [1.165, 1.54) is 4.68 Å². The minimum absolute atomic E-state index is 0.108. The lowest BCUT2D eigenvalue weighted by Crippen LogP contribution is -2.39. The minimum Gasteiger partial charge on any atom is -0.334 e. The van der Waals surface area contributed by atoms with Gasteiger partial charge in [-0.1, -0.05) is 17.7 Å². The zero-order valence-corrected chi connectivity index (χ0v) is 11.8. The summed E-state index contributed by atoms with van der Waals surface area (Å²) in [5.41, 5.74) is 0.999. The molecule has 0 saturated carbocycles. The number of amides is 2. The molecule has 2 amide bonds. The maximum absolute atomic E-state index is 11.9. The number of anilines is 1. The van der Waals surface area contributed by atoms with Crippen molar-refractivity contribution in [1.29, 1.82) is 5.41 Å². The van der Waals surface area contributed by atoms with Crippen molar-refractivity contribution in [3.05, 3.63) is 48.5 Å². The van der Waals surface area contributed by atoms with Gasteiger partial charge in [0.25, 0.3) is 0 Å². The Morgan fingerprint density at radius 2 is 2.43 bits per heavy atom. The number of nitrogens with one attached hydrogen (secondary N) is 2. The lowest BCUT2D eigenvalue weighted by atomic mass is 10.4. The first-order valence-corrected chi connectivity index (χ1v) is 6.39. The molecule has 0 fully saturated rings. The molecule has 0 bridgehead atoms. The Kier molecular flexibility index (Phi) is 4.68. The van der Waals surface area contributed by atoms with Gasteiger partial charge < -0.3 is 5.32 Å². The fourth-order valence-corrected chi connectivity index (χ4v) is 1.83. The Bertz CT molecular complexity index is 654. The maximum atomic E-state index is 11.9. The third-order valence-corrected chi connectivity index (χ3v) is 2.84. The SMILES string of the molecule is C=CCNC(=O)N(C=N)c1cn(-c2cccnc2)nc1Cl. The molecule has 0 radical (unpaired) electrons. The van der Waals surface area contributed by atoms with Crippen LogP contribution in [0.3, 0.4) is 0 Å². The summed E-state index contributed by atoms with van der Waals surface area (Å²) in [4.78, 5) is 17.0. The zero-order valence-electron chi connectivity index (χ0n) is 11.0. The summed E-state index contributed by atoms with van der Waals surface area (Å²) in [6.07, 6.45) is 7.22. The van der Waals surface area contributed by atoms with E-state index in [2.05, 4.69) is 22.0 Å². The van der Waals surface area contributed by atoms with Crippen molar-refractivity contribution < 1.29 is 4.79 Å². The van der Waals surface area contributed by atoms with Gasteiger partial charge >= 0.3 is 6.03 Å². The summed E-state index contributed by atoms with van der Waals surface area (Å²) in [6, 6.07) is 3.07. The molecule has 2 aromatic heterocycles. The van der Waals surface area contributed by atoms with E-state index in [9.17, 15) is 4.79 Å². The van der Waals surface area contributed by atoms with Crippen LogP contribution in [0, 0.1) is 5.41 Å². The van der Waals surface area contributed by atoms with Crippen LogP contribution in [0.25, 0.3) is 5.69 Å². The third-order valence-electron chi connectivity index (χ3n) is 2.57. The van der Waals surface area contributed by atoms with Gasteiger partial charge in [-0.25, -0.2) is 14.4 Å². The number of pyridine rings is 1. The van der Waals surface area contributed by atoms with Crippen LogP contribution in [0.15, 0.2) is 43.4 Å². The van der Waals surface area contributed by atoms with Crippen molar-refractivity contribution in [2.45, 2.75) is 0 Å².